The van der Waals surface area contributed by atoms with Crippen LogP contribution in [0.5, 0.6) is 0 Å². The van der Waals surface area contributed by atoms with E-state index in [-0.39, 0.29) is 18.4 Å². The molecule has 5 nitrogen and oxygen atoms in total. The molecule has 0 aliphatic carbocycles. The van der Waals surface area contributed by atoms with Crippen LogP contribution in [0.4, 0.5) is 8.78 Å². The van der Waals surface area contributed by atoms with Gasteiger partial charge in [-0.3, -0.25) is 4.79 Å². The number of nitrogens with zero attached hydrogens (tertiary/aromatic N) is 1. The van der Waals surface area contributed by atoms with E-state index in [1.165, 1.54) is 0 Å². The summed E-state index contributed by atoms with van der Waals surface area (Å²) >= 11 is 0. The van der Waals surface area contributed by atoms with Crippen LogP contribution in [0.3, 0.4) is 0 Å². The number of carbonyl (C=O) groups excluding carboxylic acids is 1. The third-order valence-electron chi connectivity index (χ3n) is 3.48. The summed E-state index contributed by atoms with van der Waals surface area (Å²) < 4.78 is 26.3. The van der Waals surface area contributed by atoms with Crippen LogP contribution in [0.25, 0.3) is 0 Å². The highest BCUT2D eigenvalue weighted by Gasteiger charge is 2.22. The van der Waals surface area contributed by atoms with Gasteiger partial charge in [0.15, 0.2) is 0 Å². The van der Waals surface area contributed by atoms with Crippen LogP contribution in [0.15, 0.2) is 42.5 Å². The summed E-state index contributed by atoms with van der Waals surface area (Å²) in [6, 6.07) is 9.83. The predicted molar refractivity (Wildman–Crippen MR) is 84.5 cm³/mol. The van der Waals surface area contributed by atoms with Crippen LogP contribution < -0.4 is 5.32 Å². The monoisotopic (exact) mass is 344 g/mol. The molecule has 0 fully saturated rings. The second-order valence-corrected chi connectivity index (χ2v) is 5.39. The van der Waals surface area contributed by atoms with Crippen molar-refractivity contribution in [2.24, 2.45) is 0 Å². The molecular formula is C18H14F2N2O3. The maximum absolute atomic E-state index is 13.1. The van der Waals surface area contributed by atoms with Gasteiger partial charge in [-0.25, -0.2) is 13.6 Å². The molecule has 25 heavy (non-hydrogen) atoms. The van der Waals surface area contributed by atoms with Crippen molar-refractivity contribution in [3.63, 3.8) is 0 Å². The lowest BCUT2D eigenvalue weighted by Gasteiger charge is -2.15. The molecule has 0 aromatic heterocycles. The van der Waals surface area contributed by atoms with Gasteiger partial charge in [-0.2, -0.15) is 5.26 Å². The Balaban J connectivity index is 2.09. The normalized spacial score (nSPS) is 11.4. The molecule has 0 spiro atoms. The molecule has 2 aromatic carbocycles. The van der Waals surface area contributed by atoms with Gasteiger partial charge < -0.3 is 10.4 Å². The van der Waals surface area contributed by atoms with E-state index in [0.29, 0.717) is 17.2 Å². The van der Waals surface area contributed by atoms with E-state index in [1.807, 2.05) is 6.07 Å². The first-order chi connectivity index (χ1) is 11.9. The number of amides is 1. The largest absolute Gasteiger partial charge is 0.480 e. The maximum Gasteiger partial charge on any atom is 0.326 e. The van der Waals surface area contributed by atoms with Crippen molar-refractivity contribution in [3.8, 4) is 6.07 Å². The van der Waals surface area contributed by atoms with Gasteiger partial charge in [0.25, 0.3) is 0 Å². The number of nitriles is 1. The Kier molecular flexibility index (Phi) is 5.79. The standard InChI is InChI=1S/C18H14F2N2O3/c19-14-5-11(6-15(20)9-14)7-17(23)22-16(18(24)25)8-12-3-1-2-4-13(12)10-21/h1-6,9,16H,7-8H2,(H,22,23)(H,24,25)/t16-/m1/s1. The summed E-state index contributed by atoms with van der Waals surface area (Å²) in [6.07, 6.45) is -0.444. The summed E-state index contributed by atoms with van der Waals surface area (Å²) in [5.74, 6) is -3.60. The fraction of sp³-hybridized carbons (Fsp3) is 0.167. The zero-order chi connectivity index (χ0) is 18.4. The number of rotatable bonds is 6. The van der Waals surface area contributed by atoms with Crippen molar-refractivity contribution in [3.05, 3.63) is 70.8 Å². The quantitative estimate of drug-likeness (QED) is 0.840. The number of hydrogen-bond acceptors (Lipinski definition) is 3. The molecule has 2 N–H and O–H groups in total. The Labute approximate surface area is 142 Å². The van der Waals surface area contributed by atoms with Crippen LogP contribution in [0, 0.1) is 23.0 Å². The second kappa shape index (κ2) is 8.02. The van der Waals surface area contributed by atoms with Crippen molar-refractivity contribution < 1.29 is 23.5 Å². The van der Waals surface area contributed by atoms with Crippen molar-refractivity contribution in [2.75, 3.05) is 0 Å². The number of aliphatic carboxylic acids is 1. The van der Waals surface area contributed by atoms with E-state index >= 15 is 0 Å². The average molecular weight is 344 g/mol. The summed E-state index contributed by atoms with van der Waals surface area (Å²) in [6.45, 7) is 0. The molecule has 0 bridgehead atoms. The number of benzene rings is 2. The fourth-order valence-electron chi connectivity index (χ4n) is 2.37. The van der Waals surface area contributed by atoms with E-state index in [1.54, 1.807) is 24.3 Å². The highest BCUT2D eigenvalue weighted by atomic mass is 19.1. The van der Waals surface area contributed by atoms with Crippen molar-refractivity contribution in [2.45, 2.75) is 18.9 Å². The lowest BCUT2D eigenvalue weighted by atomic mass is 10.0. The van der Waals surface area contributed by atoms with Crippen LogP contribution in [0.2, 0.25) is 0 Å². The van der Waals surface area contributed by atoms with Gasteiger partial charge in [-0.15, -0.1) is 0 Å². The molecule has 0 saturated heterocycles. The predicted octanol–water partition coefficient (Wildman–Crippen LogP) is 2.19. The third kappa shape index (κ3) is 5.11. The van der Waals surface area contributed by atoms with Crippen molar-refractivity contribution in [1.29, 1.82) is 5.26 Å². The molecule has 2 aromatic rings. The molecule has 2 rings (SSSR count). The van der Waals surface area contributed by atoms with Crippen LogP contribution >= 0.6 is 0 Å². The van der Waals surface area contributed by atoms with Crippen LogP contribution in [0.1, 0.15) is 16.7 Å². The zero-order valence-electron chi connectivity index (χ0n) is 13.0. The van der Waals surface area contributed by atoms with Gasteiger partial charge in [-0.1, -0.05) is 18.2 Å². The Bertz CT molecular complexity index is 826. The smallest absolute Gasteiger partial charge is 0.326 e. The van der Waals surface area contributed by atoms with E-state index in [9.17, 15) is 23.5 Å². The lowest BCUT2D eigenvalue weighted by molar-refractivity contribution is -0.141. The minimum Gasteiger partial charge on any atom is -0.480 e. The third-order valence-corrected chi connectivity index (χ3v) is 3.48. The Morgan fingerprint density at radius 1 is 1.16 bits per heavy atom. The summed E-state index contributed by atoms with van der Waals surface area (Å²) in [5.41, 5.74) is 0.890. The number of halogens is 2. The molecular weight excluding hydrogens is 330 g/mol. The highest BCUT2D eigenvalue weighted by molar-refractivity contribution is 5.85. The topological polar surface area (TPSA) is 90.2 Å². The summed E-state index contributed by atoms with van der Waals surface area (Å²) in [5, 5.41) is 20.6. The maximum atomic E-state index is 13.1. The van der Waals surface area contributed by atoms with E-state index in [4.69, 9.17) is 5.26 Å². The van der Waals surface area contributed by atoms with Crippen molar-refractivity contribution >= 4 is 11.9 Å². The van der Waals surface area contributed by atoms with Crippen molar-refractivity contribution in [1.82, 2.24) is 5.32 Å². The molecule has 0 saturated carbocycles. The SMILES string of the molecule is N#Cc1ccccc1C[C@@H](NC(=O)Cc1cc(F)cc(F)c1)C(=O)O. The van der Waals surface area contributed by atoms with Gasteiger partial charge in [0.05, 0.1) is 18.1 Å². The molecule has 1 amide bonds. The highest BCUT2D eigenvalue weighted by Crippen LogP contribution is 2.12. The molecule has 0 heterocycles. The van der Waals surface area contributed by atoms with E-state index in [2.05, 4.69) is 5.32 Å². The molecule has 1 atom stereocenters. The van der Waals surface area contributed by atoms with E-state index in [0.717, 1.165) is 12.1 Å². The Hall–Kier alpha value is -3.27. The first-order valence-electron chi connectivity index (χ1n) is 7.34. The van der Waals surface area contributed by atoms with Gasteiger partial charge in [0.2, 0.25) is 5.91 Å². The van der Waals surface area contributed by atoms with E-state index < -0.39 is 29.6 Å². The minimum atomic E-state index is -1.27. The van der Waals surface area contributed by atoms with Crippen LogP contribution in [-0.4, -0.2) is 23.0 Å². The first kappa shape index (κ1) is 18.1. The average Bonchev–Trinajstić information content (AvgIpc) is 2.53. The number of nitrogens with one attached hydrogen (secondary N) is 1. The Morgan fingerprint density at radius 3 is 2.40 bits per heavy atom. The second-order valence-electron chi connectivity index (χ2n) is 5.39. The number of carboxylic acids is 1. The minimum absolute atomic E-state index is 0.0810. The molecule has 0 unspecified atom stereocenters. The number of carboxylic acid groups (broad SMARTS) is 1. The number of carbonyl (C=O) groups is 2. The summed E-state index contributed by atoms with van der Waals surface area (Å²) in [4.78, 5) is 23.4. The van der Waals surface area contributed by atoms with Gasteiger partial charge >= 0.3 is 5.97 Å². The Morgan fingerprint density at radius 2 is 1.80 bits per heavy atom. The molecule has 0 aliphatic rings. The van der Waals surface area contributed by atoms with Gasteiger partial charge in [0.1, 0.15) is 17.7 Å². The molecule has 128 valence electrons. The molecule has 7 heteroatoms. The lowest BCUT2D eigenvalue weighted by Crippen LogP contribution is -2.43. The molecule has 0 radical (unpaired) electrons. The summed E-state index contributed by atoms with van der Waals surface area (Å²) in [7, 11) is 0. The van der Waals surface area contributed by atoms with Gasteiger partial charge in [0, 0.05) is 12.5 Å². The fourth-order valence-corrected chi connectivity index (χ4v) is 2.37. The zero-order valence-corrected chi connectivity index (χ0v) is 13.0. The van der Waals surface area contributed by atoms with Gasteiger partial charge in [-0.05, 0) is 29.3 Å². The number of hydrogen-bond donors (Lipinski definition) is 2. The molecule has 0 aliphatic heterocycles. The first-order valence-corrected chi connectivity index (χ1v) is 7.34. The van der Waals surface area contributed by atoms with Crippen LogP contribution in [-0.2, 0) is 22.4 Å².